The summed E-state index contributed by atoms with van der Waals surface area (Å²) in [6.07, 6.45) is 1.46. The Bertz CT molecular complexity index is 1150. The van der Waals surface area contributed by atoms with E-state index in [1.165, 1.54) is 6.08 Å². The lowest BCUT2D eigenvalue weighted by molar-refractivity contribution is -0.112. The normalized spacial score (nSPS) is 10.9. The van der Waals surface area contributed by atoms with Crippen LogP contribution >= 0.6 is 23.2 Å². The highest BCUT2D eigenvalue weighted by atomic mass is 35.5. The third-order valence-corrected chi connectivity index (χ3v) is 4.97. The number of aryl methyl sites for hydroxylation is 1. The smallest absolute Gasteiger partial charge is 0.266 e. The standard InChI is InChI=1S/C24H18Cl2N2O2/c1-16-6-2-5-9-22(16)28-24(29)19(14-27)12-18-13-20(25)10-11-23(18)30-15-17-7-3-4-8-21(17)26/h2-13H,15H2,1H3,(H,28,29)/b19-12+. The number of rotatable bonds is 6. The fourth-order valence-electron chi connectivity index (χ4n) is 2.74. The number of benzene rings is 3. The highest BCUT2D eigenvalue weighted by molar-refractivity contribution is 6.31. The molecule has 4 nitrogen and oxygen atoms in total. The molecule has 0 saturated carbocycles. The van der Waals surface area contributed by atoms with Gasteiger partial charge in [-0.3, -0.25) is 4.79 Å². The van der Waals surface area contributed by atoms with E-state index in [1.54, 1.807) is 30.3 Å². The fourth-order valence-corrected chi connectivity index (χ4v) is 3.11. The Labute approximate surface area is 185 Å². The molecule has 0 radical (unpaired) electrons. The zero-order valence-corrected chi connectivity index (χ0v) is 17.7. The summed E-state index contributed by atoms with van der Waals surface area (Å²) >= 11 is 12.3. The lowest BCUT2D eigenvalue weighted by atomic mass is 10.1. The summed E-state index contributed by atoms with van der Waals surface area (Å²) in [5.41, 5.74) is 2.82. The minimum absolute atomic E-state index is 0.0666. The second-order valence-electron chi connectivity index (χ2n) is 6.50. The van der Waals surface area contributed by atoms with Gasteiger partial charge in [-0.1, -0.05) is 59.6 Å². The molecule has 0 heterocycles. The molecule has 0 unspecified atom stereocenters. The van der Waals surface area contributed by atoms with Gasteiger partial charge in [0.15, 0.2) is 0 Å². The van der Waals surface area contributed by atoms with Gasteiger partial charge in [0.1, 0.15) is 24.0 Å². The lowest BCUT2D eigenvalue weighted by Gasteiger charge is -2.12. The van der Waals surface area contributed by atoms with E-state index in [0.717, 1.165) is 11.1 Å². The van der Waals surface area contributed by atoms with Gasteiger partial charge in [0.2, 0.25) is 0 Å². The van der Waals surface area contributed by atoms with Gasteiger partial charge < -0.3 is 10.1 Å². The largest absolute Gasteiger partial charge is 0.488 e. The Morgan fingerprint density at radius 1 is 1.10 bits per heavy atom. The number of amides is 1. The van der Waals surface area contributed by atoms with Gasteiger partial charge in [0, 0.05) is 26.9 Å². The van der Waals surface area contributed by atoms with Crippen molar-refractivity contribution in [1.82, 2.24) is 0 Å². The number of nitrogens with zero attached hydrogens (tertiary/aromatic N) is 1. The van der Waals surface area contributed by atoms with E-state index < -0.39 is 5.91 Å². The Morgan fingerprint density at radius 3 is 2.57 bits per heavy atom. The Morgan fingerprint density at radius 2 is 1.83 bits per heavy atom. The first kappa shape index (κ1) is 21.4. The highest BCUT2D eigenvalue weighted by Gasteiger charge is 2.13. The van der Waals surface area contributed by atoms with Crippen LogP contribution in [-0.4, -0.2) is 5.91 Å². The number of ether oxygens (including phenoxy) is 1. The van der Waals surface area contributed by atoms with E-state index in [9.17, 15) is 10.1 Å². The molecule has 3 aromatic rings. The maximum atomic E-state index is 12.6. The van der Waals surface area contributed by atoms with Crippen molar-refractivity contribution >= 4 is 40.9 Å². The van der Waals surface area contributed by atoms with Crippen molar-refractivity contribution in [2.24, 2.45) is 0 Å². The molecular weight excluding hydrogens is 419 g/mol. The number of nitrogens with one attached hydrogen (secondary N) is 1. The predicted molar refractivity (Wildman–Crippen MR) is 121 cm³/mol. The van der Waals surface area contributed by atoms with Crippen LogP contribution < -0.4 is 10.1 Å². The molecule has 3 rings (SSSR count). The Hall–Kier alpha value is -3.26. The van der Waals surface area contributed by atoms with Crippen molar-refractivity contribution < 1.29 is 9.53 Å². The first-order chi connectivity index (χ1) is 14.5. The number of carbonyl (C=O) groups excluding carboxylic acids is 1. The molecular formula is C24H18Cl2N2O2. The van der Waals surface area contributed by atoms with E-state index in [0.29, 0.717) is 27.0 Å². The first-order valence-corrected chi connectivity index (χ1v) is 9.88. The molecule has 3 aromatic carbocycles. The third kappa shape index (κ3) is 5.42. The predicted octanol–water partition coefficient (Wildman–Crippen LogP) is 6.43. The molecule has 0 aliphatic carbocycles. The Balaban J connectivity index is 1.86. The summed E-state index contributed by atoms with van der Waals surface area (Å²) in [6.45, 7) is 2.11. The van der Waals surface area contributed by atoms with Gasteiger partial charge in [0.25, 0.3) is 5.91 Å². The van der Waals surface area contributed by atoms with E-state index in [2.05, 4.69) is 5.32 Å². The molecule has 6 heteroatoms. The summed E-state index contributed by atoms with van der Waals surface area (Å²) in [6, 6.07) is 21.7. The molecule has 0 bridgehead atoms. The molecule has 0 aliphatic heterocycles. The van der Waals surface area contributed by atoms with Crippen LogP contribution in [-0.2, 0) is 11.4 Å². The third-order valence-electron chi connectivity index (χ3n) is 4.37. The van der Waals surface area contributed by atoms with Crippen LogP contribution in [0.2, 0.25) is 10.0 Å². The van der Waals surface area contributed by atoms with Crippen LogP contribution in [0.5, 0.6) is 5.75 Å². The lowest BCUT2D eigenvalue weighted by Crippen LogP contribution is -2.14. The minimum atomic E-state index is -0.510. The number of nitriles is 1. The highest BCUT2D eigenvalue weighted by Crippen LogP contribution is 2.27. The van der Waals surface area contributed by atoms with Gasteiger partial charge in [-0.05, 0) is 48.9 Å². The van der Waals surface area contributed by atoms with E-state index in [-0.39, 0.29) is 12.2 Å². The average molecular weight is 437 g/mol. The van der Waals surface area contributed by atoms with Crippen molar-refractivity contribution in [3.63, 3.8) is 0 Å². The van der Waals surface area contributed by atoms with Crippen LogP contribution in [0.4, 0.5) is 5.69 Å². The van der Waals surface area contributed by atoms with Gasteiger partial charge >= 0.3 is 0 Å². The molecule has 0 saturated heterocycles. The fraction of sp³-hybridized carbons (Fsp3) is 0.0833. The van der Waals surface area contributed by atoms with Crippen LogP contribution in [0.3, 0.4) is 0 Å². The minimum Gasteiger partial charge on any atom is -0.488 e. The second-order valence-corrected chi connectivity index (χ2v) is 7.34. The van der Waals surface area contributed by atoms with Gasteiger partial charge in [-0.2, -0.15) is 5.26 Å². The van der Waals surface area contributed by atoms with Crippen molar-refractivity contribution in [2.75, 3.05) is 5.32 Å². The molecule has 0 atom stereocenters. The average Bonchev–Trinajstić information content (AvgIpc) is 2.74. The van der Waals surface area contributed by atoms with Crippen LogP contribution in [0.15, 0.2) is 72.3 Å². The first-order valence-electron chi connectivity index (χ1n) is 9.12. The molecule has 1 amide bonds. The van der Waals surface area contributed by atoms with E-state index in [1.807, 2.05) is 49.4 Å². The Kier molecular flexibility index (Phi) is 7.13. The number of carbonyl (C=O) groups is 1. The van der Waals surface area contributed by atoms with Crippen molar-refractivity contribution in [3.8, 4) is 11.8 Å². The van der Waals surface area contributed by atoms with Crippen LogP contribution in [0, 0.1) is 18.3 Å². The molecule has 1 N–H and O–H groups in total. The van der Waals surface area contributed by atoms with Crippen LogP contribution in [0.25, 0.3) is 6.08 Å². The monoisotopic (exact) mass is 436 g/mol. The van der Waals surface area contributed by atoms with Gasteiger partial charge in [-0.25, -0.2) is 0 Å². The summed E-state index contributed by atoms with van der Waals surface area (Å²) in [5, 5.41) is 13.4. The second kappa shape index (κ2) is 9.98. The summed E-state index contributed by atoms with van der Waals surface area (Å²) < 4.78 is 5.89. The maximum absolute atomic E-state index is 12.6. The maximum Gasteiger partial charge on any atom is 0.266 e. The van der Waals surface area contributed by atoms with Crippen molar-refractivity contribution in [1.29, 1.82) is 5.26 Å². The van der Waals surface area contributed by atoms with Crippen molar-refractivity contribution in [2.45, 2.75) is 13.5 Å². The van der Waals surface area contributed by atoms with E-state index >= 15 is 0 Å². The zero-order chi connectivity index (χ0) is 21.5. The van der Waals surface area contributed by atoms with Gasteiger partial charge in [-0.15, -0.1) is 0 Å². The number of halogens is 2. The quantitative estimate of drug-likeness (QED) is 0.357. The molecule has 0 fully saturated rings. The molecule has 0 spiro atoms. The molecule has 0 aromatic heterocycles. The zero-order valence-electron chi connectivity index (χ0n) is 16.2. The summed E-state index contributed by atoms with van der Waals surface area (Å²) in [4.78, 5) is 12.6. The van der Waals surface area contributed by atoms with Gasteiger partial charge in [0.05, 0.1) is 0 Å². The number of hydrogen-bond acceptors (Lipinski definition) is 3. The SMILES string of the molecule is Cc1ccccc1NC(=O)/C(C#N)=C/c1cc(Cl)ccc1OCc1ccccc1Cl. The van der Waals surface area contributed by atoms with Crippen molar-refractivity contribution in [3.05, 3.63) is 99.0 Å². The number of anilines is 1. The van der Waals surface area contributed by atoms with E-state index in [4.69, 9.17) is 27.9 Å². The topological polar surface area (TPSA) is 62.1 Å². The molecule has 30 heavy (non-hydrogen) atoms. The summed E-state index contributed by atoms with van der Waals surface area (Å²) in [5.74, 6) is -0.0282. The van der Waals surface area contributed by atoms with Crippen LogP contribution in [0.1, 0.15) is 16.7 Å². The molecule has 150 valence electrons. The number of para-hydroxylation sites is 1. The molecule has 0 aliphatic rings. The number of hydrogen-bond donors (Lipinski definition) is 1. The summed E-state index contributed by atoms with van der Waals surface area (Å²) in [7, 11) is 0.